The first-order valence-corrected chi connectivity index (χ1v) is 9.78. The van der Waals surface area contributed by atoms with Crippen molar-refractivity contribution in [1.29, 1.82) is 0 Å². The van der Waals surface area contributed by atoms with Crippen molar-refractivity contribution >= 4 is 21.6 Å². The molecule has 0 bridgehead atoms. The van der Waals surface area contributed by atoms with E-state index in [2.05, 4.69) is 34.6 Å². The molecule has 0 radical (unpaired) electrons. The maximum Gasteiger partial charge on any atom is 0.165 e. The molecule has 142 valence electrons. The third-order valence-corrected chi connectivity index (χ3v) is 5.48. The Hall–Kier alpha value is -2.80. The zero-order valence-corrected chi connectivity index (χ0v) is 15.9. The fourth-order valence-electron chi connectivity index (χ4n) is 2.88. The van der Waals surface area contributed by atoms with Gasteiger partial charge in [-0.3, -0.25) is 4.98 Å². The highest BCUT2D eigenvalue weighted by Gasteiger charge is 2.12. The summed E-state index contributed by atoms with van der Waals surface area (Å²) >= 11 is 1.57. The maximum atomic E-state index is 13.9. The highest BCUT2D eigenvalue weighted by atomic mass is 32.1. The molecule has 2 N–H and O–H groups in total. The van der Waals surface area contributed by atoms with Crippen LogP contribution in [0.25, 0.3) is 20.7 Å². The zero-order chi connectivity index (χ0) is 19.3. The van der Waals surface area contributed by atoms with E-state index >= 15 is 0 Å². The van der Waals surface area contributed by atoms with Crippen LogP contribution < -0.4 is 10.1 Å². The highest BCUT2D eigenvalue weighted by Crippen LogP contribution is 2.39. The Morgan fingerprint density at radius 3 is 2.64 bits per heavy atom. The Balaban J connectivity index is 1.60. The first kappa shape index (κ1) is 18.6. The van der Waals surface area contributed by atoms with Crippen LogP contribution in [0.4, 0.5) is 4.39 Å². The summed E-state index contributed by atoms with van der Waals surface area (Å²) in [5, 5.41) is 12.0. The molecule has 2 heterocycles. The van der Waals surface area contributed by atoms with Gasteiger partial charge in [-0.15, -0.1) is 11.3 Å². The van der Waals surface area contributed by atoms with Crippen molar-refractivity contribution in [2.75, 3.05) is 13.2 Å². The van der Waals surface area contributed by atoms with Gasteiger partial charge in [0.05, 0.1) is 16.8 Å². The zero-order valence-electron chi connectivity index (χ0n) is 15.1. The van der Waals surface area contributed by atoms with Crippen LogP contribution in [0.3, 0.4) is 0 Å². The molecule has 0 saturated carbocycles. The van der Waals surface area contributed by atoms with Crippen LogP contribution in [0.2, 0.25) is 0 Å². The number of ether oxygens (including phenoxy) is 1. The minimum absolute atomic E-state index is 0.129. The topological polar surface area (TPSA) is 54.4 Å². The van der Waals surface area contributed by atoms with E-state index in [-0.39, 0.29) is 12.4 Å². The molecule has 4 nitrogen and oxygen atoms in total. The Morgan fingerprint density at radius 2 is 1.86 bits per heavy atom. The number of benzene rings is 2. The number of nitrogens with zero attached hydrogens (tertiary/aromatic N) is 1. The molecule has 0 aliphatic heterocycles. The standard InChI is InChI=1S/C22H19FN2O2S/c23-17-3-1-2-4-19(17)27-20-9-10-25-18-13-21(28-22(18)20)16-7-5-15(6-8-16)14-24-11-12-26/h1-10,13,24,26H,11-12,14H2. The number of thiophene rings is 1. The Morgan fingerprint density at radius 1 is 1.04 bits per heavy atom. The fraction of sp³-hybridized carbons (Fsp3) is 0.136. The summed E-state index contributed by atoms with van der Waals surface area (Å²) in [6.45, 7) is 1.42. The summed E-state index contributed by atoms with van der Waals surface area (Å²) in [5.41, 5.74) is 3.06. The number of aliphatic hydroxyl groups is 1. The Bertz CT molecular complexity index is 1080. The van der Waals surface area contributed by atoms with Crippen molar-refractivity contribution in [2.24, 2.45) is 0 Å². The van der Waals surface area contributed by atoms with E-state index in [0.29, 0.717) is 12.3 Å². The monoisotopic (exact) mass is 394 g/mol. The predicted octanol–water partition coefficient (Wildman–Crippen LogP) is 4.98. The van der Waals surface area contributed by atoms with E-state index in [4.69, 9.17) is 9.84 Å². The molecule has 0 aliphatic carbocycles. The number of aromatic nitrogens is 1. The van der Waals surface area contributed by atoms with Crippen molar-refractivity contribution in [2.45, 2.75) is 6.54 Å². The van der Waals surface area contributed by atoms with Gasteiger partial charge in [0.1, 0.15) is 5.75 Å². The predicted molar refractivity (Wildman–Crippen MR) is 110 cm³/mol. The van der Waals surface area contributed by atoms with Crippen molar-refractivity contribution in [3.8, 4) is 21.9 Å². The largest absolute Gasteiger partial charge is 0.453 e. The van der Waals surface area contributed by atoms with Gasteiger partial charge in [0, 0.05) is 30.2 Å². The molecular weight excluding hydrogens is 375 g/mol. The third-order valence-electron chi connectivity index (χ3n) is 4.29. The lowest BCUT2D eigenvalue weighted by atomic mass is 10.1. The summed E-state index contributed by atoms with van der Waals surface area (Å²) in [7, 11) is 0. The lowest BCUT2D eigenvalue weighted by molar-refractivity contribution is 0.292. The molecular formula is C22H19FN2O2S. The van der Waals surface area contributed by atoms with E-state index in [1.165, 1.54) is 6.07 Å². The average molecular weight is 394 g/mol. The Labute approximate surface area is 166 Å². The van der Waals surface area contributed by atoms with Crippen LogP contribution >= 0.6 is 11.3 Å². The molecule has 0 unspecified atom stereocenters. The number of fused-ring (bicyclic) bond motifs is 1. The molecule has 0 amide bonds. The average Bonchev–Trinajstić information content (AvgIpc) is 3.16. The summed E-state index contributed by atoms with van der Waals surface area (Å²) in [6, 6.07) is 18.4. The van der Waals surface area contributed by atoms with Crippen LogP contribution in [0.1, 0.15) is 5.56 Å². The van der Waals surface area contributed by atoms with Crippen molar-refractivity contribution in [3.63, 3.8) is 0 Å². The SMILES string of the molecule is OCCNCc1ccc(-c2cc3nccc(Oc4ccccc4F)c3s2)cc1. The molecule has 2 aromatic heterocycles. The second-order valence-corrected chi connectivity index (χ2v) is 7.32. The van der Waals surface area contributed by atoms with Gasteiger partial charge in [-0.1, -0.05) is 36.4 Å². The highest BCUT2D eigenvalue weighted by molar-refractivity contribution is 7.22. The lowest BCUT2D eigenvalue weighted by Crippen LogP contribution is -2.17. The van der Waals surface area contributed by atoms with Crippen LogP contribution in [0.15, 0.2) is 66.9 Å². The maximum absolute atomic E-state index is 13.9. The second kappa shape index (κ2) is 8.48. The van der Waals surface area contributed by atoms with Crippen LogP contribution in [0, 0.1) is 5.82 Å². The number of nitrogens with one attached hydrogen (secondary N) is 1. The van der Waals surface area contributed by atoms with Gasteiger partial charge >= 0.3 is 0 Å². The number of halogens is 1. The number of hydrogen-bond donors (Lipinski definition) is 2. The van der Waals surface area contributed by atoms with Gasteiger partial charge in [-0.05, 0) is 29.3 Å². The van der Waals surface area contributed by atoms with E-state index in [0.717, 1.165) is 32.8 Å². The summed E-state index contributed by atoms with van der Waals surface area (Å²) in [5.74, 6) is 0.399. The summed E-state index contributed by atoms with van der Waals surface area (Å²) in [4.78, 5) is 5.49. The number of rotatable bonds is 7. The molecule has 2 aromatic carbocycles. The van der Waals surface area contributed by atoms with Crippen molar-refractivity contribution in [3.05, 3.63) is 78.2 Å². The van der Waals surface area contributed by atoms with Gasteiger partial charge in [0.2, 0.25) is 0 Å². The van der Waals surface area contributed by atoms with Gasteiger partial charge < -0.3 is 15.2 Å². The van der Waals surface area contributed by atoms with Crippen LogP contribution in [-0.4, -0.2) is 23.2 Å². The second-order valence-electron chi connectivity index (χ2n) is 6.26. The third kappa shape index (κ3) is 4.04. The van der Waals surface area contributed by atoms with E-state index < -0.39 is 5.82 Å². The number of pyridine rings is 1. The quantitative estimate of drug-likeness (QED) is 0.434. The van der Waals surface area contributed by atoms with Gasteiger partial charge in [-0.25, -0.2) is 4.39 Å². The van der Waals surface area contributed by atoms with Crippen LogP contribution in [-0.2, 0) is 6.54 Å². The summed E-state index contributed by atoms with van der Waals surface area (Å²) in [6.07, 6.45) is 1.67. The lowest BCUT2D eigenvalue weighted by Gasteiger charge is -2.07. The Kier molecular flexibility index (Phi) is 5.62. The number of hydrogen-bond acceptors (Lipinski definition) is 5. The molecule has 0 atom stereocenters. The molecule has 0 aliphatic rings. The molecule has 6 heteroatoms. The molecule has 28 heavy (non-hydrogen) atoms. The number of para-hydroxylation sites is 1. The van der Waals surface area contributed by atoms with E-state index in [1.807, 2.05) is 6.07 Å². The smallest absolute Gasteiger partial charge is 0.165 e. The molecule has 0 fully saturated rings. The van der Waals surface area contributed by atoms with Gasteiger partial charge in [-0.2, -0.15) is 0 Å². The minimum Gasteiger partial charge on any atom is -0.453 e. The molecule has 0 spiro atoms. The molecule has 4 rings (SSSR count). The van der Waals surface area contributed by atoms with Crippen LogP contribution in [0.5, 0.6) is 11.5 Å². The van der Waals surface area contributed by atoms with Crippen molar-refractivity contribution in [1.82, 2.24) is 10.3 Å². The minimum atomic E-state index is -0.394. The van der Waals surface area contributed by atoms with Crippen molar-refractivity contribution < 1.29 is 14.2 Å². The van der Waals surface area contributed by atoms with E-state index in [9.17, 15) is 4.39 Å². The molecule has 4 aromatic rings. The number of aliphatic hydroxyl groups excluding tert-OH is 1. The summed E-state index contributed by atoms with van der Waals surface area (Å²) < 4.78 is 20.6. The van der Waals surface area contributed by atoms with Gasteiger partial charge in [0.25, 0.3) is 0 Å². The first-order chi connectivity index (χ1) is 13.7. The van der Waals surface area contributed by atoms with Gasteiger partial charge in [0.15, 0.2) is 11.6 Å². The fourth-order valence-corrected chi connectivity index (χ4v) is 3.95. The molecule has 0 saturated heterocycles. The normalized spacial score (nSPS) is 11.1. The first-order valence-electron chi connectivity index (χ1n) is 8.96. The van der Waals surface area contributed by atoms with E-state index in [1.54, 1.807) is 41.8 Å².